The Kier molecular flexibility index (Phi) is 6.94. The number of nitrogens with two attached hydrogens (primary N) is 2. The van der Waals surface area contributed by atoms with Gasteiger partial charge in [0.15, 0.2) is 11.6 Å². The number of hydrogen-bond donors (Lipinski definition) is 4. The summed E-state index contributed by atoms with van der Waals surface area (Å²) in [7, 11) is 1.85. The number of nitrogens with zero attached hydrogens (tertiary/aromatic N) is 6. The summed E-state index contributed by atoms with van der Waals surface area (Å²) in [5.41, 5.74) is 17.7. The van der Waals surface area contributed by atoms with E-state index in [2.05, 4.69) is 41.4 Å². The van der Waals surface area contributed by atoms with Crippen molar-refractivity contribution in [3.63, 3.8) is 0 Å². The molecule has 0 saturated heterocycles. The molecule has 2 aromatic carbocycles. The largest absolute Gasteiger partial charge is 0.382 e. The molecule has 0 aliphatic rings. The average Bonchev–Trinajstić information content (AvgIpc) is 3.71. The third-order valence-corrected chi connectivity index (χ3v) is 7.80. The molecule has 0 atom stereocenters. The van der Waals surface area contributed by atoms with E-state index in [1.165, 1.54) is 0 Å². The smallest absolute Gasteiger partial charge is 0.268 e. The minimum absolute atomic E-state index is 0.182. The number of anilines is 2. The predicted octanol–water partition coefficient (Wildman–Crippen LogP) is 4.37. The Morgan fingerprint density at radius 3 is 1.79 bits per heavy atom. The molecule has 0 unspecified atom stereocenters. The number of fused-ring (bicyclic) bond motifs is 2. The molecule has 12 nitrogen and oxygen atoms in total. The van der Waals surface area contributed by atoms with Crippen molar-refractivity contribution in [1.29, 1.82) is 0 Å². The molecule has 216 valence electrons. The molecule has 5 aromatic heterocycles. The lowest BCUT2D eigenvalue weighted by molar-refractivity contribution is 0.770. The van der Waals surface area contributed by atoms with Gasteiger partial charge < -0.3 is 11.5 Å². The Bertz CT molecular complexity index is 2270. The van der Waals surface area contributed by atoms with Gasteiger partial charge in [0.2, 0.25) is 0 Å². The van der Waals surface area contributed by atoms with E-state index in [-0.39, 0.29) is 22.8 Å². The third kappa shape index (κ3) is 4.78. The number of nitrogens with one attached hydrogen (secondary N) is 2. The highest BCUT2D eigenvalue weighted by Gasteiger charge is 2.18. The van der Waals surface area contributed by atoms with Gasteiger partial charge in [0.05, 0.1) is 32.6 Å². The van der Waals surface area contributed by atoms with E-state index in [9.17, 15) is 9.59 Å². The van der Waals surface area contributed by atoms with Crippen LogP contribution < -0.4 is 22.6 Å². The molecule has 0 spiro atoms. The van der Waals surface area contributed by atoms with E-state index >= 15 is 0 Å². The number of para-hydroxylation sites is 2. The van der Waals surface area contributed by atoms with Gasteiger partial charge in [0, 0.05) is 31.2 Å². The number of aromatic nitrogens is 8. The maximum Gasteiger partial charge on any atom is 0.268 e. The van der Waals surface area contributed by atoms with E-state index in [0.29, 0.717) is 21.8 Å². The summed E-state index contributed by atoms with van der Waals surface area (Å²) in [6.07, 6.45) is 5.36. The molecule has 0 aliphatic carbocycles. The minimum atomic E-state index is -0.203. The van der Waals surface area contributed by atoms with Crippen molar-refractivity contribution in [3.05, 3.63) is 109 Å². The molecule has 7 rings (SSSR count). The zero-order chi connectivity index (χ0) is 30.4. The Morgan fingerprint density at radius 2 is 1.26 bits per heavy atom. The van der Waals surface area contributed by atoms with Crippen LogP contribution in [-0.4, -0.2) is 39.3 Å². The van der Waals surface area contributed by atoms with E-state index in [4.69, 9.17) is 11.5 Å². The summed E-state index contributed by atoms with van der Waals surface area (Å²) < 4.78 is 5.64. The number of pyridine rings is 2. The lowest BCUT2D eigenvalue weighted by Crippen LogP contribution is -2.19. The standard InChI is InChI=1S/C17H16N6O.C13H11BrN4O/c1-10-5-3-4-6-13(10)23-9-11(12-7-8-22(2)21-12)15-14(17(23)24)16(18)20-19-15;1-7-4-2-3-5-9(7)18-6-8(14)11-10(13(18)19)12(15)17-16-11/h3-9H,1-2H3,(H3,18,19,20);2-6H,1H3,(H3,15,16,17). The van der Waals surface area contributed by atoms with Crippen LogP contribution in [0.4, 0.5) is 11.6 Å². The molecule has 0 amide bonds. The van der Waals surface area contributed by atoms with E-state index in [0.717, 1.165) is 38.2 Å². The van der Waals surface area contributed by atoms with Gasteiger partial charge >= 0.3 is 0 Å². The van der Waals surface area contributed by atoms with Gasteiger partial charge in [-0.15, -0.1) is 0 Å². The van der Waals surface area contributed by atoms with Crippen LogP contribution in [0.3, 0.4) is 0 Å². The second-order valence-electron chi connectivity index (χ2n) is 10.0. The summed E-state index contributed by atoms with van der Waals surface area (Å²) in [5, 5.41) is 18.7. The number of H-pyrrole nitrogens is 2. The maximum atomic E-state index is 12.9. The first-order valence-electron chi connectivity index (χ1n) is 13.2. The van der Waals surface area contributed by atoms with Gasteiger partial charge in [-0.1, -0.05) is 36.4 Å². The second-order valence-corrected chi connectivity index (χ2v) is 10.9. The van der Waals surface area contributed by atoms with Gasteiger partial charge in [-0.25, -0.2) is 0 Å². The number of nitrogen functional groups attached to an aromatic ring is 2. The van der Waals surface area contributed by atoms with Gasteiger partial charge in [-0.05, 0) is 59.1 Å². The third-order valence-electron chi connectivity index (χ3n) is 7.20. The first-order chi connectivity index (χ1) is 20.7. The Labute approximate surface area is 252 Å². The Morgan fingerprint density at radius 1 is 0.744 bits per heavy atom. The van der Waals surface area contributed by atoms with Crippen LogP contribution >= 0.6 is 15.9 Å². The number of aromatic amines is 2. The first kappa shape index (κ1) is 27.7. The molecule has 0 bridgehead atoms. The molecule has 6 N–H and O–H groups in total. The van der Waals surface area contributed by atoms with Crippen LogP contribution in [0.2, 0.25) is 0 Å². The number of rotatable bonds is 3. The van der Waals surface area contributed by atoms with Gasteiger partial charge in [0.1, 0.15) is 10.8 Å². The van der Waals surface area contributed by atoms with E-state index in [1.54, 1.807) is 26.2 Å². The fourth-order valence-corrected chi connectivity index (χ4v) is 5.51. The van der Waals surface area contributed by atoms with Crippen molar-refractivity contribution >= 4 is 49.4 Å². The zero-order valence-corrected chi connectivity index (χ0v) is 25.0. The number of benzene rings is 2. The van der Waals surface area contributed by atoms with Gasteiger partial charge in [0.25, 0.3) is 11.1 Å². The maximum absolute atomic E-state index is 12.9. The molecular weight excluding hydrogens is 612 g/mol. The predicted molar refractivity (Wildman–Crippen MR) is 172 cm³/mol. The summed E-state index contributed by atoms with van der Waals surface area (Å²) in [5.74, 6) is 0.402. The second kappa shape index (κ2) is 10.8. The van der Waals surface area contributed by atoms with Crippen LogP contribution in [0.15, 0.2) is 87.2 Å². The molecule has 43 heavy (non-hydrogen) atoms. The quantitative estimate of drug-likeness (QED) is 0.222. The Balaban J connectivity index is 0.000000157. The molecule has 13 heteroatoms. The van der Waals surface area contributed by atoms with Crippen molar-refractivity contribution in [1.82, 2.24) is 39.3 Å². The van der Waals surface area contributed by atoms with Gasteiger partial charge in [-0.3, -0.25) is 33.6 Å². The van der Waals surface area contributed by atoms with E-state index in [1.807, 2.05) is 81.7 Å². The molecule has 0 fully saturated rings. The van der Waals surface area contributed by atoms with Crippen molar-refractivity contribution in [2.45, 2.75) is 13.8 Å². The van der Waals surface area contributed by atoms with Crippen LogP contribution in [-0.2, 0) is 7.05 Å². The molecule has 0 aliphatic heterocycles. The molecule has 0 radical (unpaired) electrons. The van der Waals surface area contributed by atoms with Crippen LogP contribution in [0.25, 0.3) is 44.4 Å². The summed E-state index contributed by atoms with van der Waals surface area (Å²) in [6, 6.07) is 17.3. The Hall–Kier alpha value is -5.43. The average molecular weight is 640 g/mol. The summed E-state index contributed by atoms with van der Waals surface area (Å²) >= 11 is 3.43. The normalized spacial score (nSPS) is 11.2. The highest BCUT2D eigenvalue weighted by atomic mass is 79.9. The molecule has 7 aromatic rings. The topological polar surface area (TPSA) is 171 Å². The summed E-state index contributed by atoms with van der Waals surface area (Å²) in [4.78, 5) is 25.5. The molecule has 0 saturated carbocycles. The van der Waals surface area contributed by atoms with Crippen molar-refractivity contribution in [3.8, 4) is 22.6 Å². The minimum Gasteiger partial charge on any atom is -0.382 e. The van der Waals surface area contributed by atoms with Crippen molar-refractivity contribution in [2.24, 2.45) is 7.05 Å². The SMILES string of the molecule is Cc1ccccc1-n1cc(-c2ccn(C)n2)c2[nH]nc(N)c2c1=O.Cc1ccccc1-n1cc(Br)c2[nH]nc(N)c2c1=O. The monoisotopic (exact) mass is 638 g/mol. The fourth-order valence-electron chi connectivity index (χ4n) is 5.02. The lowest BCUT2D eigenvalue weighted by atomic mass is 10.1. The van der Waals surface area contributed by atoms with Gasteiger partial charge in [-0.2, -0.15) is 15.3 Å². The van der Waals surface area contributed by atoms with Crippen molar-refractivity contribution in [2.75, 3.05) is 11.5 Å². The highest BCUT2D eigenvalue weighted by Crippen LogP contribution is 2.28. The zero-order valence-electron chi connectivity index (χ0n) is 23.5. The van der Waals surface area contributed by atoms with Crippen LogP contribution in [0, 0.1) is 13.8 Å². The lowest BCUT2D eigenvalue weighted by Gasteiger charge is -2.11. The molecular formula is C30H27BrN10O2. The van der Waals surface area contributed by atoms with Crippen molar-refractivity contribution < 1.29 is 0 Å². The number of aryl methyl sites for hydroxylation is 3. The van der Waals surface area contributed by atoms with Crippen LogP contribution in [0.5, 0.6) is 0 Å². The molecule has 5 heterocycles. The van der Waals surface area contributed by atoms with Crippen LogP contribution in [0.1, 0.15) is 11.1 Å². The first-order valence-corrected chi connectivity index (χ1v) is 14.0. The fraction of sp³-hybridized carbons (Fsp3) is 0.100. The van der Waals surface area contributed by atoms with E-state index < -0.39 is 0 Å². The number of hydrogen-bond acceptors (Lipinski definition) is 7. The highest BCUT2D eigenvalue weighted by molar-refractivity contribution is 9.10. The number of halogens is 1. The summed E-state index contributed by atoms with van der Waals surface area (Å²) in [6.45, 7) is 3.92.